The summed E-state index contributed by atoms with van der Waals surface area (Å²) in [7, 11) is 0. The highest BCUT2D eigenvalue weighted by molar-refractivity contribution is 5.28. The van der Waals surface area contributed by atoms with Crippen LogP contribution in [0.3, 0.4) is 0 Å². The van der Waals surface area contributed by atoms with Crippen LogP contribution in [0.2, 0.25) is 0 Å². The monoisotopic (exact) mass is 274 g/mol. The lowest BCUT2D eigenvalue weighted by Crippen LogP contribution is -2.06. The predicted molar refractivity (Wildman–Crippen MR) is 78.7 cm³/mol. The van der Waals surface area contributed by atoms with Gasteiger partial charge in [-0.15, -0.1) is 0 Å². The molecule has 0 radical (unpaired) electrons. The van der Waals surface area contributed by atoms with Gasteiger partial charge in [-0.05, 0) is 44.0 Å². The van der Waals surface area contributed by atoms with Crippen molar-refractivity contribution in [3.63, 3.8) is 0 Å². The molecule has 0 saturated carbocycles. The molecule has 0 amide bonds. The molecule has 20 heavy (non-hydrogen) atoms. The maximum Gasteiger partial charge on any atom is 0.130 e. The van der Waals surface area contributed by atoms with E-state index in [-0.39, 0.29) is 0 Å². The molecule has 0 saturated heterocycles. The molecule has 0 bridgehead atoms. The molecule has 1 heterocycles. The number of aliphatic hydroxyl groups is 1. The average Bonchev–Trinajstić information content (AvgIpc) is 2.85. The lowest BCUT2D eigenvalue weighted by molar-refractivity contribution is 0.173. The van der Waals surface area contributed by atoms with Gasteiger partial charge in [0, 0.05) is 6.54 Å². The van der Waals surface area contributed by atoms with Gasteiger partial charge in [0.05, 0.1) is 17.5 Å². The van der Waals surface area contributed by atoms with Crippen LogP contribution in [0.4, 0.5) is 0 Å². The van der Waals surface area contributed by atoms with Crippen molar-refractivity contribution >= 4 is 0 Å². The number of benzene rings is 1. The normalized spacial score (nSPS) is 12.4. The molecule has 1 N–H and O–H groups in total. The first-order valence-electron chi connectivity index (χ1n) is 7.08. The van der Waals surface area contributed by atoms with E-state index in [4.69, 9.17) is 4.74 Å². The summed E-state index contributed by atoms with van der Waals surface area (Å²) < 4.78 is 7.72. The second-order valence-corrected chi connectivity index (χ2v) is 4.87. The fourth-order valence-electron chi connectivity index (χ4n) is 2.17. The molecule has 0 aliphatic rings. The highest BCUT2D eigenvalue weighted by Gasteiger charge is 2.06. The zero-order valence-corrected chi connectivity index (χ0v) is 12.3. The molecular formula is C16H22N2O2. The molecular weight excluding hydrogens is 252 g/mol. The Morgan fingerprint density at radius 3 is 2.55 bits per heavy atom. The predicted octanol–water partition coefficient (Wildman–Crippen LogP) is 3.23. The average molecular weight is 274 g/mol. The van der Waals surface area contributed by atoms with E-state index < -0.39 is 6.10 Å². The molecule has 1 aromatic heterocycles. The SMILES string of the molecule is CCC(O)c1ccc(OCc2cc(C)nn2CC)cc1. The van der Waals surface area contributed by atoms with Gasteiger partial charge in [0.15, 0.2) is 0 Å². The zero-order valence-electron chi connectivity index (χ0n) is 12.3. The van der Waals surface area contributed by atoms with Crippen LogP contribution in [0.1, 0.15) is 43.3 Å². The highest BCUT2D eigenvalue weighted by atomic mass is 16.5. The molecule has 0 aliphatic carbocycles. The molecule has 0 fully saturated rings. The van der Waals surface area contributed by atoms with Crippen molar-refractivity contribution in [3.8, 4) is 5.75 Å². The summed E-state index contributed by atoms with van der Waals surface area (Å²) in [5.41, 5.74) is 3.00. The number of aryl methyl sites for hydroxylation is 2. The second-order valence-electron chi connectivity index (χ2n) is 4.87. The Bertz CT molecular complexity index is 546. The van der Waals surface area contributed by atoms with Crippen LogP contribution in [0.15, 0.2) is 30.3 Å². The molecule has 4 nitrogen and oxygen atoms in total. The fraction of sp³-hybridized carbons (Fsp3) is 0.438. The molecule has 1 atom stereocenters. The Kier molecular flexibility index (Phi) is 4.79. The minimum Gasteiger partial charge on any atom is -0.487 e. The highest BCUT2D eigenvalue weighted by Crippen LogP contribution is 2.20. The quantitative estimate of drug-likeness (QED) is 0.879. The Morgan fingerprint density at radius 2 is 1.95 bits per heavy atom. The van der Waals surface area contributed by atoms with Crippen molar-refractivity contribution in [1.29, 1.82) is 0 Å². The van der Waals surface area contributed by atoms with E-state index in [1.807, 2.05) is 48.9 Å². The van der Waals surface area contributed by atoms with Gasteiger partial charge in [-0.3, -0.25) is 4.68 Å². The first-order chi connectivity index (χ1) is 9.63. The van der Waals surface area contributed by atoms with Gasteiger partial charge in [0.2, 0.25) is 0 Å². The van der Waals surface area contributed by atoms with Crippen LogP contribution in [0.25, 0.3) is 0 Å². The van der Waals surface area contributed by atoms with E-state index in [2.05, 4.69) is 12.0 Å². The number of aliphatic hydroxyl groups excluding tert-OH is 1. The molecule has 4 heteroatoms. The minimum absolute atomic E-state index is 0.395. The van der Waals surface area contributed by atoms with Crippen LogP contribution < -0.4 is 4.74 Å². The van der Waals surface area contributed by atoms with E-state index in [0.717, 1.165) is 35.7 Å². The van der Waals surface area contributed by atoms with Gasteiger partial charge >= 0.3 is 0 Å². The number of aromatic nitrogens is 2. The van der Waals surface area contributed by atoms with E-state index in [0.29, 0.717) is 6.61 Å². The second kappa shape index (κ2) is 6.57. The van der Waals surface area contributed by atoms with E-state index >= 15 is 0 Å². The summed E-state index contributed by atoms with van der Waals surface area (Å²) >= 11 is 0. The summed E-state index contributed by atoms with van der Waals surface area (Å²) in [5, 5.41) is 14.1. The Balaban J connectivity index is 2.00. The summed E-state index contributed by atoms with van der Waals surface area (Å²) in [6.45, 7) is 7.36. The van der Waals surface area contributed by atoms with Crippen molar-refractivity contribution in [3.05, 3.63) is 47.3 Å². The smallest absolute Gasteiger partial charge is 0.130 e. The van der Waals surface area contributed by atoms with Crippen LogP contribution in [0, 0.1) is 6.92 Å². The third-order valence-electron chi connectivity index (χ3n) is 3.32. The van der Waals surface area contributed by atoms with Crippen LogP contribution in [-0.2, 0) is 13.2 Å². The topological polar surface area (TPSA) is 47.3 Å². The van der Waals surface area contributed by atoms with Gasteiger partial charge < -0.3 is 9.84 Å². The van der Waals surface area contributed by atoms with Gasteiger partial charge in [0.1, 0.15) is 12.4 Å². The molecule has 2 rings (SSSR count). The number of rotatable bonds is 6. The molecule has 0 aliphatic heterocycles. The summed E-state index contributed by atoms with van der Waals surface area (Å²) in [6, 6.07) is 9.65. The summed E-state index contributed by atoms with van der Waals surface area (Å²) in [5.74, 6) is 0.804. The third kappa shape index (κ3) is 3.39. The first-order valence-corrected chi connectivity index (χ1v) is 7.08. The molecule has 1 unspecified atom stereocenters. The van der Waals surface area contributed by atoms with Crippen molar-refractivity contribution in [2.75, 3.05) is 0 Å². The van der Waals surface area contributed by atoms with Crippen molar-refractivity contribution in [2.45, 2.75) is 46.4 Å². The standard InChI is InChI=1S/C16H22N2O2/c1-4-16(19)13-6-8-15(9-7-13)20-11-14-10-12(3)17-18(14)5-2/h6-10,16,19H,4-5,11H2,1-3H3. The largest absolute Gasteiger partial charge is 0.487 e. The van der Waals surface area contributed by atoms with Crippen LogP contribution in [-0.4, -0.2) is 14.9 Å². The van der Waals surface area contributed by atoms with Crippen LogP contribution >= 0.6 is 0 Å². The number of ether oxygens (including phenoxy) is 1. The number of hydrogen-bond acceptors (Lipinski definition) is 3. The maximum absolute atomic E-state index is 9.75. The lowest BCUT2D eigenvalue weighted by atomic mass is 10.1. The molecule has 108 valence electrons. The lowest BCUT2D eigenvalue weighted by Gasteiger charge is -2.10. The number of hydrogen-bond donors (Lipinski definition) is 1. The molecule has 2 aromatic rings. The first kappa shape index (κ1) is 14.6. The van der Waals surface area contributed by atoms with Crippen molar-refractivity contribution in [1.82, 2.24) is 9.78 Å². The number of nitrogens with zero attached hydrogens (tertiary/aromatic N) is 2. The van der Waals surface area contributed by atoms with Gasteiger partial charge in [-0.2, -0.15) is 5.10 Å². The van der Waals surface area contributed by atoms with E-state index in [1.54, 1.807) is 0 Å². The third-order valence-corrected chi connectivity index (χ3v) is 3.32. The van der Waals surface area contributed by atoms with Crippen LogP contribution in [0.5, 0.6) is 5.75 Å². The Hall–Kier alpha value is -1.81. The van der Waals surface area contributed by atoms with Gasteiger partial charge in [0.25, 0.3) is 0 Å². The molecule has 1 aromatic carbocycles. The van der Waals surface area contributed by atoms with Gasteiger partial charge in [-0.25, -0.2) is 0 Å². The summed E-state index contributed by atoms with van der Waals surface area (Å²) in [4.78, 5) is 0. The van der Waals surface area contributed by atoms with Crippen molar-refractivity contribution < 1.29 is 9.84 Å². The fourth-order valence-corrected chi connectivity index (χ4v) is 2.17. The Labute approximate surface area is 120 Å². The van der Waals surface area contributed by atoms with E-state index in [1.165, 1.54) is 0 Å². The Morgan fingerprint density at radius 1 is 1.25 bits per heavy atom. The van der Waals surface area contributed by atoms with E-state index in [9.17, 15) is 5.11 Å². The van der Waals surface area contributed by atoms with Crippen molar-refractivity contribution in [2.24, 2.45) is 0 Å². The molecule has 0 spiro atoms. The van der Waals surface area contributed by atoms with Gasteiger partial charge in [-0.1, -0.05) is 19.1 Å². The summed E-state index contributed by atoms with van der Waals surface area (Å²) in [6.07, 6.45) is 0.322. The maximum atomic E-state index is 9.75. The minimum atomic E-state index is -0.395. The zero-order chi connectivity index (χ0) is 14.5.